The second kappa shape index (κ2) is 7.86. The van der Waals surface area contributed by atoms with Gasteiger partial charge in [0.1, 0.15) is 12.4 Å². The molecule has 2 aromatic rings. The first-order valence-corrected chi connectivity index (χ1v) is 8.12. The molecule has 0 bridgehead atoms. The molecule has 0 aromatic heterocycles. The Kier molecular flexibility index (Phi) is 5.85. The van der Waals surface area contributed by atoms with Gasteiger partial charge in [-0.2, -0.15) is 0 Å². The molecule has 0 saturated heterocycles. The number of ether oxygens (including phenoxy) is 2. The van der Waals surface area contributed by atoms with Gasteiger partial charge in [0.15, 0.2) is 0 Å². The van der Waals surface area contributed by atoms with Crippen LogP contribution in [0.5, 0.6) is 5.75 Å². The summed E-state index contributed by atoms with van der Waals surface area (Å²) in [7, 11) is 1.36. The van der Waals surface area contributed by atoms with Gasteiger partial charge < -0.3 is 9.47 Å². The standard InChI is InChI=1S/C20H25NO3/c1-6-16-9-10-18(15(4)11-16)24-12-17-13(2)7-8-14(3)19(17)21-20(22)23-5/h7-11H,6,12H2,1-5H3,(H,21,22). The number of nitrogens with one attached hydrogen (secondary N) is 1. The highest BCUT2D eigenvalue weighted by Gasteiger charge is 2.13. The Morgan fingerprint density at radius 2 is 1.75 bits per heavy atom. The number of carbonyl (C=O) groups is 1. The first-order valence-electron chi connectivity index (χ1n) is 8.12. The van der Waals surface area contributed by atoms with Crippen molar-refractivity contribution in [1.82, 2.24) is 0 Å². The molecular weight excluding hydrogens is 302 g/mol. The molecule has 0 aliphatic rings. The fourth-order valence-corrected chi connectivity index (χ4v) is 2.63. The fourth-order valence-electron chi connectivity index (χ4n) is 2.63. The van der Waals surface area contributed by atoms with Gasteiger partial charge >= 0.3 is 6.09 Å². The predicted octanol–water partition coefficient (Wildman–Crippen LogP) is 4.93. The minimum Gasteiger partial charge on any atom is -0.489 e. The number of anilines is 1. The quantitative estimate of drug-likeness (QED) is 0.847. The predicted molar refractivity (Wildman–Crippen MR) is 96.8 cm³/mol. The van der Waals surface area contributed by atoms with Gasteiger partial charge in [-0.05, 0) is 55.5 Å². The van der Waals surface area contributed by atoms with E-state index in [0.717, 1.165) is 40.1 Å². The van der Waals surface area contributed by atoms with Gasteiger partial charge in [0.05, 0.1) is 12.8 Å². The molecule has 0 heterocycles. The number of hydrogen-bond donors (Lipinski definition) is 1. The fraction of sp³-hybridized carbons (Fsp3) is 0.350. The molecule has 1 N–H and O–H groups in total. The molecule has 2 aromatic carbocycles. The summed E-state index contributed by atoms with van der Waals surface area (Å²) in [4.78, 5) is 11.6. The summed E-state index contributed by atoms with van der Waals surface area (Å²) in [6.07, 6.45) is 0.527. The van der Waals surface area contributed by atoms with Crippen LogP contribution in [0.3, 0.4) is 0 Å². The highest BCUT2D eigenvalue weighted by atomic mass is 16.5. The van der Waals surface area contributed by atoms with Crippen molar-refractivity contribution in [3.63, 3.8) is 0 Å². The van der Waals surface area contributed by atoms with E-state index in [1.165, 1.54) is 12.7 Å². The number of amides is 1. The number of rotatable bonds is 5. The summed E-state index contributed by atoms with van der Waals surface area (Å²) in [5.74, 6) is 0.858. The molecule has 0 spiro atoms. The Hall–Kier alpha value is -2.49. The third kappa shape index (κ3) is 4.07. The first kappa shape index (κ1) is 17.9. The van der Waals surface area contributed by atoms with Crippen LogP contribution < -0.4 is 10.1 Å². The summed E-state index contributed by atoms with van der Waals surface area (Å²) in [5, 5.41) is 2.80. The summed E-state index contributed by atoms with van der Waals surface area (Å²) in [5.41, 5.74) is 6.16. The normalized spacial score (nSPS) is 10.4. The Morgan fingerprint density at radius 3 is 2.38 bits per heavy atom. The van der Waals surface area contributed by atoms with Crippen LogP contribution in [-0.2, 0) is 17.8 Å². The van der Waals surface area contributed by atoms with Crippen molar-refractivity contribution in [2.24, 2.45) is 0 Å². The third-order valence-electron chi connectivity index (χ3n) is 4.19. The van der Waals surface area contributed by atoms with Crippen LogP contribution in [0.4, 0.5) is 10.5 Å². The Labute approximate surface area is 143 Å². The highest BCUT2D eigenvalue weighted by molar-refractivity contribution is 5.87. The van der Waals surface area contributed by atoms with Crippen molar-refractivity contribution in [1.29, 1.82) is 0 Å². The van der Waals surface area contributed by atoms with Crippen LogP contribution in [-0.4, -0.2) is 13.2 Å². The minimum atomic E-state index is -0.478. The van der Waals surface area contributed by atoms with Crippen LogP contribution in [0.1, 0.15) is 34.7 Å². The molecule has 0 unspecified atom stereocenters. The number of carbonyl (C=O) groups excluding carboxylic acids is 1. The van der Waals surface area contributed by atoms with E-state index in [9.17, 15) is 4.79 Å². The molecule has 24 heavy (non-hydrogen) atoms. The van der Waals surface area contributed by atoms with E-state index >= 15 is 0 Å². The van der Waals surface area contributed by atoms with Crippen LogP contribution in [0.2, 0.25) is 0 Å². The van der Waals surface area contributed by atoms with E-state index in [1.807, 2.05) is 39.0 Å². The van der Waals surface area contributed by atoms with E-state index in [2.05, 4.69) is 24.4 Å². The van der Waals surface area contributed by atoms with E-state index in [-0.39, 0.29) is 0 Å². The lowest BCUT2D eigenvalue weighted by Gasteiger charge is -2.17. The van der Waals surface area contributed by atoms with E-state index in [4.69, 9.17) is 9.47 Å². The van der Waals surface area contributed by atoms with E-state index in [1.54, 1.807) is 0 Å². The average molecular weight is 327 g/mol. The molecule has 2 rings (SSSR count). The Bertz CT molecular complexity index is 738. The monoisotopic (exact) mass is 327 g/mol. The van der Waals surface area contributed by atoms with Crippen molar-refractivity contribution in [3.8, 4) is 5.75 Å². The molecule has 0 radical (unpaired) electrons. The number of benzene rings is 2. The maximum Gasteiger partial charge on any atom is 0.411 e. The number of hydrogen-bond acceptors (Lipinski definition) is 3. The van der Waals surface area contributed by atoms with Crippen LogP contribution in [0.15, 0.2) is 30.3 Å². The molecule has 0 atom stereocenters. The number of methoxy groups -OCH3 is 1. The van der Waals surface area contributed by atoms with Gasteiger partial charge in [0.25, 0.3) is 0 Å². The van der Waals surface area contributed by atoms with Gasteiger partial charge in [0.2, 0.25) is 0 Å². The minimum absolute atomic E-state index is 0.388. The lowest BCUT2D eigenvalue weighted by molar-refractivity contribution is 0.187. The van der Waals surface area contributed by atoms with Crippen LogP contribution >= 0.6 is 0 Å². The van der Waals surface area contributed by atoms with Gasteiger partial charge in [-0.3, -0.25) is 5.32 Å². The molecule has 1 amide bonds. The first-order chi connectivity index (χ1) is 11.5. The van der Waals surface area contributed by atoms with Crippen molar-refractivity contribution >= 4 is 11.8 Å². The molecule has 0 aliphatic heterocycles. The highest BCUT2D eigenvalue weighted by Crippen LogP contribution is 2.27. The van der Waals surface area contributed by atoms with Crippen molar-refractivity contribution in [2.75, 3.05) is 12.4 Å². The van der Waals surface area contributed by atoms with Gasteiger partial charge in [-0.25, -0.2) is 4.79 Å². The second-order valence-corrected chi connectivity index (χ2v) is 5.91. The molecular formula is C20H25NO3. The third-order valence-corrected chi connectivity index (χ3v) is 4.19. The van der Waals surface area contributed by atoms with E-state index < -0.39 is 6.09 Å². The number of aryl methyl sites for hydroxylation is 4. The van der Waals surface area contributed by atoms with Crippen LogP contribution in [0, 0.1) is 20.8 Å². The molecule has 0 saturated carbocycles. The topological polar surface area (TPSA) is 47.6 Å². The molecule has 0 fully saturated rings. The maximum absolute atomic E-state index is 11.6. The van der Waals surface area contributed by atoms with Gasteiger partial charge in [0, 0.05) is 5.56 Å². The SMILES string of the molecule is CCc1ccc(OCc2c(C)ccc(C)c2NC(=O)OC)c(C)c1. The zero-order valence-corrected chi connectivity index (χ0v) is 15.0. The second-order valence-electron chi connectivity index (χ2n) is 5.91. The smallest absolute Gasteiger partial charge is 0.411 e. The zero-order valence-electron chi connectivity index (χ0n) is 15.0. The lowest BCUT2D eigenvalue weighted by Crippen LogP contribution is -2.15. The summed E-state index contributed by atoms with van der Waals surface area (Å²) in [6.45, 7) is 8.53. The molecule has 4 heteroatoms. The lowest BCUT2D eigenvalue weighted by atomic mass is 10.0. The Morgan fingerprint density at radius 1 is 1.04 bits per heavy atom. The van der Waals surface area contributed by atoms with Gasteiger partial charge in [-0.15, -0.1) is 0 Å². The summed E-state index contributed by atoms with van der Waals surface area (Å²) >= 11 is 0. The van der Waals surface area contributed by atoms with Gasteiger partial charge in [-0.1, -0.05) is 31.2 Å². The van der Waals surface area contributed by atoms with E-state index in [0.29, 0.717) is 6.61 Å². The van der Waals surface area contributed by atoms with Crippen molar-refractivity contribution in [3.05, 3.63) is 58.1 Å². The largest absolute Gasteiger partial charge is 0.489 e. The van der Waals surface area contributed by atoms with Crippen LogP contribution in [0.25, 0.3) is 0 Å². The van der Waals surface area contributed by atoms with Crippen molar-refractivity contribution in [2.45, 2.75) is 40.7 Å². The molecule has 128 valence electrons. The zero-order chi connectivity index (χ0) is 17.7. The maximum atomic E-state index is 11.6. The summed E-state index contributed by atoms with van der Waals surface area (Å²) < 4.78 is 10.7. The molecule has 4 nitrogen and oxygen atoms in total. The average Bonchev–Trinajstić information content (AvgIpc) is 2.58. The molecule has 0 aliphatic carbocycles. The Balaban J connectivity index is 2.26. The summed E-state index contributed by atoms with van der Waals surface area (Å²) in [6, 6.07) is 10.2. The van der Waals surface area contributed by atoms with Crippen molar-refractivity contribution < 1.29 is 14.3 Å².